The molecular weight excluding hydrogens is 976 g/mol. The van der Waals surface area contributed by atoms with Gasteiger partial charge in [-0.2, -0.15) is 0 Å². The monoisotopic (exact) mass is 1040 g/mol. The Morgan fingerprint density at radius 1 is 0.559 bits per heavy atom. The number of methoxy groups -OCH3 is 2. The average Bonchev–Trinajstić information content (AvgIpc) is 3.09. The fraction of sp³-hybridized carbons (Fsp3) is 0.592. The number of hydrogen-bond donors (Lipinski definition) is 0. The number of allylic oxidation sites excluding steroid dienone is 4. The molecule has 0 amide bonds. The van der Waals surface area contributed by atoms with E-state index in [2.05, 4.69) is 151 Å². The number of halogens is 4. The third-order valence-electron chi connectivity index (χ3n) is 11.0. The van der Waals surface area contributed by atoms with Crippen molar-refractivity contribution >= 4 is 45.2 Å². The summed E-state index contributed by atoms with van der Waals surface area (Å²) in [6.07, 6.45) is 8.44. The molecule has 0 fully saturated rings. The predicted molar refractivity (Wildman–Crippen MR) is 252 cm³/mol. The smallest absolute Gasteiger partial charge is 0.204 e. The lowest BCUT2D eigenvalue weighted by molar-refractivity contribution is -0.266. The molecule has 0 radical (unpaired) electrons. The minimum absolute atomic E-state index is 0.0676. The third-order valence-corrected chi connectivity index (χ3v) is 12.3. The van der Waals surface area contributed by atoms with E-state index in [0.717, 1.165) is 31.1 Å². The van der Waals surface area contributed by atoms with Gasteiger partial charge in [0.25, 0.3) is 0 Å². The van der Waals surface area contributed by atoms with Crippen molar-refractivity contribution in [3.8, 4) is 0 Å². The molecule has 0 heterocycles. The second-order valence-electron chi connectivity index (χ2n) is 20.0. The molecule has 0 saturated carbocycles. The van der Waals surface area contributed by atoms with Crippen LogP contribution in [-0.4, -0.2) is 52.6 Å². The van der Waals surface area contributed by atoms with Crippen molar-refractivity contribution in [2.75, 3.05) is 41.0 Å². The highest BCUT2D eigenvalue weighted by Crippen LogP contribution is 2.48. The highest BCUT2D eigenvalue weighted by molar-refractivity contribution is 14.1. The van der Waals surface area contributed by atoms with E-state index < -0.39 is 23.4 Å². The van der Waals surface area contributed by atoms with E-state index in [4.69, 9.17) is 28.4 Å². The predicted octanol–water partition coefficient (Wildman–Crippen LogP) is 13.9. The molecule has 6 nitrogen and oxygen atoms in total. The molecule has 0 saturated heterocycles. The second-order valence-corrected chi connectivity index (χ2v) is 22.5. The van der Waals surface area contributed by atoms with Gasteiger partial charge in [0.05, 0.1) is 25.0 Å². The number of hydrogen-bond acceptors (Lipinski definition) is 6. The summed E-state index contributed by atoms with van der Waals surface area (Å²) in [5.41, 5.74) is 5.20. The fourth-order valence-corrected chi connectivity index (χ4v) is 10.7. The van der Waals surface area contributed by atoms with Crippen molar-refractivity contribution in [2.24, 2.45) is 10.8 Å². The first-order chi connectivity index (χ1) is 27.3. The van der Waals surface area contributed by atoms with Crippen LogP contribution in [0.4, 0.5) is 8.78 Å². The summed E-state index contributed by atoms with van der Waals surface area (Å²) < 4.78 is 70.5. The van der Waals surface area contributed by atoms with Crippen LogP contribution in [0.5, 0.6) is 0 Å². The Morgan fingerprint density at radius 2 is 0.915 bits per heavy atom. The van der Waals surface area contributed by atoms with Gasteiger partial charge in [0.15, 0.2) is 0 Å². The van der Waals surface area contributed by atoms with Crippen LogP contribution in [0.1, 0.15) is 136 Å². The molecule has 328 valence electrons. The van der Waals surface area contributed by atoms with Gasteiger partial charge >= 0.3 is 0 Å². The summed E-state index contributed by atoms with van der Waals surface area (Å²) in [5, 5.41) is 0. The van der Waals surface area contributed by atoms with Gasteiger partial charge in [0.1, 0.15) is 25.2 Å². The third kappa shape index (κ3) is 12.8. The summed E-state index contributed by atoms with van der Waals surface area (Å²) in [5.74, 6) is -4.66. The fourth-order valence-electron chi connectivity index (χ4n) is 9.29. The number of benzene rings is 2. The maximum atomic E-state index is 15.5. The van der Waals surface area contributed by atoms with Crippen LogP contribution in [-0.2, 0) is 39.3 Å². The van der Waals surface area contributed by atoms with Crippen LogP contribution in [0.15, 0.2) is 83.5 Å². The van der Waals surface area contributed by atoms with Crippen molar-refractivity contribution in [1.82, 2.24) is 0 Å². The van der Waals surface area contributed by atoms with Gasteiger partial charge in [0.2, 0.25) is 11.6 Å². The summed E-state index contributed by atoms with van der Waals surface area (Å²) in [6, 6.07) is 12.9. The zero-order valence-electron chi connectivity index (χ0n) is 37.8. The van der Waals surface area contributed by atoms with E-state index in [9.17, 15) is 0 Å². The standard InChI is InChI=1S/C49H68F2I2O6/c1-32-18-38(50)26-42(34-20-36(24-40(52)22-34)46(9,10)28-44(3,4)5)48(32,58-30-54-13)56-16-15-17-57-49(59-31-55-14)33(2)19-39(51)27-43(49)35-21-37(25-41(53)23-35)47(11,12)29-45(6,7)8/h18-27,42-43H,15-17,28-31H2,1-14H3. The van der Waals surface area contributed by atoms with Crippen molar-refractivity contribution in [2.45, 2.75) is 137 Å². The largest absolute Gasteiger partial charge is 0.359 e. The maximum absolute atomic E-state index is 15.5. The molecule has 0 N–H and O–H groups in total. The molecule has 4 unspecified atom stereocenters. The second kappa shape index (κ2) is 19.9. The molecule has 0 bridgehead atoms. The molecular formula is C49H68F2I2O6. The van der Waals surface area contributed by atoms with Gasteiger partial charge in [-0.05, 0) is 182 Å². The Bertz CT molecular complexity index is 1770. The lowest BCUT2D eigenvalue weighted by Crippen LogP contribution is -2.46. The maximum Gasteiger partial charge on any atom is 0.204 e. The quantitative estimate of drug-likeness (QED) is 0.0842. The molecule has 0 spiro atoms. The summed E-state index contributed by atoms with van der Waals surface area (Å²) in [6.45, 7) is 26.4. The van der Waals surface area contributed by atoms with Gasteiger partial charge in [0, 0.05) is 21.4 Å². The van der Waals surface area contributed by atoms with E-state index in [1.807, 2.05) is 13.8 Å². The zero-order valence-corrected chi connectivity index (χ0v) is 42.2. The first-order valence-electron chi connectivity index (χ1n) is 20.6. The topological polar surface area (TPSA) is 55.4 Å². The highest BCUT2D eigenvalue weighted by Gasteiger charge is 2.48. The summed E-state index contributed by atoms with van der Waals surface area (Å²) in [4.78, 5) is 0. The Morgan fingerprint density at radius 3 is 1.24 bits per heavy atom. The van der Waals surface area contributed by atoms with Gasteiger partial charge in [-0.15, -0.1) is 0 Å². The molecule has 4 rings (SSSR count). The van der Waals surface area contributed by atoms with Crippen molar-refractivity contribution in [3.05, 3.63) is 113 Å². The van der Waals surface area contributed by atoms with Crippen LogP contribution in [0.3, 0.4) is 0 Å². The van der Waals surface area contributed by atoms with E-state index in [1.165, 1.54) is 23.3 Å². The Kier molecular flexibility index (Phi) is 16.9. The molecule has 59 heavy (non-hydrogen) atoms. The normalized spacial score (nSPS) is 23.2. The van der Waals surface area contributed by atoms with Crippen LogP contribution < -0.4 is 0 Å². The molecule has 2 aliphatic carbocycles. The van der Waals surface area contributed by atoms with Gasteiger partial charge in [-0.1, -0.05) is 81.4 Å². The molecule has 2 aromatic rings. The van der Waals surface area contributed by atoms with Crippen LogP contribution >= 0.6 is 45.2 Å². The van der Waals surface area contributed by atoms with E-state index >= 15 is 8.78 Å². The Labute approximate surface area is 381 Å². The summed E-state index contributed by atoms with van der Waals surface area (Å²) >= 11 is 4.68. The van der Waals surface area contributed by atoms with Gasteiger partial charge in [-0.25, -0.2) is 8.78 Å². The van der Waals surface area contributed by atoms with Gasteiger partial charge < -0.3 is 28.4 Å². The van der Waals surface area contributed by atoms with Crippen molar-refractivity contribution < 1.29 is 37.2 Å². The highest BCUT2D eigenvalue weighted by atomic mass is 127. The molecule has 2 aliphatic rings. The minimum Gasteiger partial charge on any atom is -0.359 e. The van der Waals surface area contributed by atoms with Crippen LogP contribution in [0, 0.1) is 18.0 Å². The first-order valence-corrected chi connectivity index (χ1v) is 22.7. The Hall–Kier alpha value is -1.52. The van der Waals surface area contributed by atoms with E-state index in [1.54, 1.807) is 26.4 Å². The van der Waals surface area contributed by atoms with Crippen molar-refractivity contribution in [3.63, 3.8) is 0 Å². The number of ether oxygens (including phenoxy) is 6. The minimum atomic E-state index is -1.36. The molecule has 0 aromatic heterocycles. The molecule has 10 heteroatoms. The zero-order chi connectivity index (χ0) is 44.2. The Balaban J connectivity index is 1.67. The van der Waals surface area contributed by atoms with Crippen molar-refractivity contribution in [1.29, 1.82) is 0 Å². The lowest BCUT2D eigenvalue weighted by atomic mass is 9.71. The van der Waals surface area contributed by atoms with Crippen LogP contribution in [0.2, 0.25) is 0 Å². The molecule has 4 atom stereocenters. The van der Waals surface area contributed by atoms with Gasteiger partial charge in [-0.3, -0.25) is 0 Å². The van der Waals surface area contributed by atoms with E-state index in [0.29, 0.717) is 17.6 Å². The lowest BCUT2D eigenvalue weighted by Gasteiger charge is -2.43. The average molecular weight is 1040 g/mol. The van der Waals surface area contributed by atoms with Crippen LogP contribution in [0.25, 0.3) is 0 Å². The summed E-state index contributed by atoms with van der Waals surface area (Å²) in [7, 11) is 3.12. The molecule has 2 aromatic carbocycles. The SMILES string of the molecule is COCOC1(OCCCOC2(OCOC)C(C)=CC(F)=CC2c2cc(I)cc(C(C)(C)CC(C)(C)C)c2)C(C)=CC(F)=CC1c1cc(I)cc(C(C)(C)CC(C)(C)C)c1. The van der Waals surface area contributed by atoms with E-state index in [-0.39, 0.29) is 60.1 Å². The first kappa shape index (κ1) is 50.1. The molecule has 0 aliphatic heterocycles. The number of rotatable bonds is 18.